The van der Waals surface area contributed by atoms with Crippen molar-refractivity contribution in [3.05, 3.63) is 65.9 Å². The van der Waals surface area contributed by atoms with E-state index < -0.39 is 0 Å². The Kier molecular flexibility index (Phi) is 5.48. The first kappa shape index (κ1) is 20.3. The van der Waals surface area contributed by atoms with Crippen LogP contribution in [0.3, 0.4) is 0 Å². The van der Waals surface area contributed by atoms with Crippen LogP contribution in [-0.4, -0.2) is 38.5 Å². The molecule has 0 unspecified atom stereocenters. The van der Waals surface area contributed by atoms with Gasteiger partial charge in [0.05, 0.1) is 19.7 Å². The fourth-order valence-corrected chi connectivity index (χ4v) is 3.16. The van der Waals surface area contributed by atoms with E-state index in [1.54, 1.807) is 16.7 Å². The normalized spacial score (nSPS) is 12.0. The van der Waals surface area contributed by atoms with E-state index >= 15 is 0 Å². The number of carbonyl (C=O) groups is 2. The van der Waals surface area contributed by atoms with E-state index in [-0.39, 0.29) is 24.2 Å². The fourth-order valence-electron chi connectivity index (χ4n) is 3.16. The molecule has 9 heteroatoms. The Balaban J connectivity index is 1.56. The average Bonchev–Trinajstić information content (AvgIpc) is 3.43. The Labute approximate surface area is 178 Å². The lowest BCUT2D eigenvalue weighted by Crippen LogP contribution is -2.15. The van der Waals surface area contributed by atoms with Crippen LogP contribution in [0.1, 0.15) is 41.2 Å². The van der Waals surface area contributed by atoms with Gasteiger partial charge in [0.15, 0.2) is 0 Å². The van der Waals surface area contributed by atoms with Crippen LogP contribution in [-0.2, 0) is 9.53 Å². The van der Waals surface area contributed by atoms with E-state index in [4.69, 9.17) is 4.52 Å². The first-order valence-electron chi connectivity index (χ1n) is 9.71. The van der Waals surface area contributed by atoms with Gasteiger partial charge in [0.25, 0.3) is 5.91 Å². The van der Waals surface area contributed by atoms with Gasteiger partial charge in [0, 0.05) is 23.4 Å². The molecular weight excluding hydrogens is 398 g/mol. The molecule has 0 aliphatic carbocycles. The first-order chi connectivity index (χ1) is 15.0. The number of hydrogen-bond donors (Lipinski definition) is 1. The standard InChI is InChI=1S/C22H21N5O4/c1-13-7-8-15(20-25-22(31-26-20)14(2)10-19(28)30-3)11-16(13)24-21(29)17-12-23-18-6-4-5-9-27(17)18/h4-9,11-12,14H,10H2,1-3H3,(H,24,29)/t14-/m0/s1. The highest BCUT2D eigenvalue weighted by Crippen LogP contribution is 2.26. The van der Waals surface area contributed by atoms with Crippen LogP contribution >= 0.6 is 0 Å². The quantitative estimate of drug-likeness (QED) is 0.475. The Hall–Kier alpha value is -4.01. The molecule has 0 aliphatic heterocycles. The van der Waals surface area contributed by atoms with Crippen LogP contribution in [0.2, 0.25) is 0 Å². The van der Waals surface area contributed by atoms with Gasteiger partial charge in [-0.15, -0.1) is 0 Å². The second kappa shape index (κ2) is 8.39. The largest absolute Gasteiger partial charge is 0.469 e. The SMILES string of the molecule is COC(=O)C[C@H](C)c1nc(-c2ccc(C)c(NC(=O)c3cnc4ccccn34)c2)no1. The monoisotopic (exact) mass is 419 g/mol. The predicted octanol–water partition coefficient (Wildman–Crippen LogP) is 3.61. The van der Waals surface area contributed by atoms with Crippen molar-refractivity contribution < 1.29 is 18.8 Å². The summed E-state index contributed by atoms with van der Waals surface area (Å²) in [4.78, 5) is 33.0. The molecule has 0 fully saturated rings. The molecule has 4 rings (SSSR count). The van der Waals surface area contributed by atoms with Gasteiger partial charge in [-0.05, 0) is 30.7 Å². The molecule has 1 aromatic carbocycles. The summed E-state index contributed by atoms with van der Waals surface area (Å²) in [5.74, 6) is -0.179. The summed E-state index contributed by atoms with van der Waals surface area (Å²) in [5.41, 5.74) is 3.31. The van der Waals surface area contributed by atoms with Crippen molar-refractivity contribution in [2.24, 2.45) is 0 Å². The zero-order valence-corrected chi connectivity index (χ0v) is 17.3. The van der Waals surface area contributed by atoms with E-state index in [9.17, 15) is 9.59 Å². The van der Waals surface area contributed by atoms with Crippen molar-refractivity contribution in [1.82, 2.24) is 19.5 Å². The van der Waals surface area contributed by atoms with Gasteiger partial charge in [-0.3, -0.25) is 14.0 Å². The third-order valence-electron chi connectivity index (χ3n) is 4.96. The van der Waals surface area contributed by atoms with Gasteiger partial charge in [-0.2, -0.15) is 4.98 Å². The molecule has 4 aromatic rings. The smallest absolute Gasteiger partial charge is 0.306 e. The fraction of sp³-hybridized carbons (Fsp3) is 0.227. The number of ether oxygens (including phenoxy) is 1. The number of methoxy groups -OCH3 is 1. The minimum absolute atomic E-state index is 0.145. The number of rotatable bonds is 6. The molecule has 158 valence electrons. The molecule has 3 heterocycles. The number of hydrogen-bond acceptors (Lipinski definition) is 7. The molecule has 0 radical (unpaired) electrons. The summed E-state index contributed by atoms with van der Waals surface area (Å²) >= 11 is 0. The minimum atomic E-state index is -0.347. The van der Waals surface area contributed by atoms with Crippen molar-refractivity contribution in [3.8, 4) is 11.4 Å². The third kappa shape index (κ3) is 4.16. The molecule has 0 bridgehead atoms. The summed E-state index contributed by atoms with van der Waals surface area (Å²) < 4.78 is 11.7. The van der Waals surface area contributed by atoms with E-state index in [2.05, 4.69) is 25.2 Å². The predicted molar refractivity (Wildman–Crippen MR) is 113 cm³/mol. The van der Waals surface area contributed by atoms with Crippen LogP contribution in [0, 0.1) is 6.92 Å². The van der Waals surface area contributed by atoms with E-state index in [0.29, 0.717) is 34.3 Å². The Bertz CT molecular complexity index is 1260. The molecule has 1 atom stereocenters. The molecule has 0 aliphatic rings. The van der Waals surface area contributed by atoms with Crippen molar-refractivity contribution >= 4 is 23.2 Å². The number of aryl methyl sites for hydroxylation is 1. The van der Waals surface area contributed by atoms with Gasteiger partial charge < -0.3 is 14.6 Å². The molecule has 9 nitrogen and oxygen atoms in total. The van der Waals surface area contributed by atoms with Crippen LogP contribution in [0.15, 0.2) is 53.3 Å². The topological polar surface area (TPSA) is 112 Å². The summed E-state index contributed by atoms with van der Waals surface area (Å²) in [6, 6.07) is 11.0. The van der Waals surface area contributed by atoms with E-state index in [0.717, 1.165) is 5.56 Å². The maximum atomic E-state index is 12.8. The number of carbonyl (C=O) groups excluding carboxylic acids is 2. The minimum Gasteiger partial charge on any atom is -0.469 e. The molecule has 3 aromatic heterocycles. The maximum absolute atomic E-state index is 12.8. The van der Waals surface area contributed by atoms with Gasteiger partial charge in [0.1, 0.15) is 11.3 Å². The number of aromatic nitrogens is 4. The molecule has 31 heavy (non-hydrogen) atoms. The summed E-state index contributed by atoms with van der Waals surface area (Å²) in [5, 5.41) is 6.95. The number of amides is 1. The first-order valence-corrected chi connectivity index (χ1v) is 9.71. The van der Waals surface area contributed by atoms with Crippen molar-refractivity contribution in [3.63, 3.8) is 0 Å². The summed E-state index contributed by atoms with van der Waals surface area (Å²) in [6.45, 7) is 3.71. The number of esters is 1. The highest BCUT2D eigenvalue weighted by molar-refractivity contribution is 6.04. The second-order valence-electron chi connectivity index (χ2n) is 7.19. The van der Waals surface area contributed by atoms with Crippen LogP contribution in [0.4, 0.5) is 5.69 Å². The molecule has 0 saturated carbocycles. The van der Waals surface area contributed by atoms with Crippen LogP contribution < -0.4 is 5.32 Å². The lowest BCUT2D eigenvalue weighted by molar-refractivity contribution is -0.141. The highest BCUT2D eigenvalue weighted by Gasteiger charge is 2.20. The van der Waals surface area contributed by atoms with Gasteiger partial charge >= 0.3 is 5.97 Å². The Morgan fingerprint density at radius 3 is 2.90 bits per heavy atom. The van der Waals surface area contributed by atoms with Crippen molar-refractivity contribution in [2.45, 2.75) is 26.2 Å². The number of pyridine rings is 1. The molecule has 1 N–H and O–H groups in total. The van der Waals surface area contributed by atoms with Crippen LogP contribution in [0.25, 0.3) is 17.0 Å². The lowest BCUT2D eigenvalue weighted by Gasteiger charge is -2.09. The number of nitrogens with zero attached hydrogens (tertiary/aromatic N) is 4. The highest BCUT2D eigenvalue weighted by atomic mass is 16.5. The number of fused-ring (bicyclic) bond motifs is 1. The zero-order chi connectivity index (χ0) is 22.0. The van der Waals surface area contributed by atoms with E-state index in [1.807, 2.05) is 44.2 Å². The number of anilines is 1. The Morgan fingerprint density at radius 2 is 2.10 bits per heavy atom. The van der Waals surface area contributed by atoms with Gasteiger partial charge in [-0.1, -0.05) is 30.3 Å². The summed E-state index contributed by atoms with van der Waals surface area (Å²) in [7, 11) is 1.34. The lowest BCUT2D eigenvalue weighted by atomic mass is 10.1. The van der Waals surface area contributed by atoms with Gasteiger partial charge in [0.2, 0.25) is 11.7 Å². The van der Waals surface area contributed by atoms with Gasteiger partial charge in [-0.25, -0.2) is 4.98 Å². The van der Waals surface area contributed by atoms with Crippen molar-refractivity contribution in [1.29, 1.82) is 0 Å². The number of nitrogens with one attached hydrogen (secondary N) is 1. The van der Waals surface area contributed by atoms with E-state index in [1.165, 1.54) is 13.3 Å². The average molecular weight is 419 g/mol. The Morgan fingerprint density at radius 1 is 1.26 bits per heavy atom. The molecule has 0 spiro atoms. The van der Waals surface area contributed by atoms with Crippen LogP contribution in [0.5, 0.6) is 0 Å². The third-order valence-corrected chi connectivity index (χ3v) is 4.96. The molecular formula is C22H21N5O4. The zero-order valence-electron chi connectivity index (χ0n) is 17.3. The summed E-state index contributed by atoms with van der Waals surface area (Å²) in [6.07, 6.45) is 3.47. The maximum Gasteiger partial charge on any atom is 0.306 e. The number of imidazole rings is 1. The number of benzene rings is 1. The molecule has 1 amide bonds. The van der Waals surface area contributed by atoms with Crippen molar-refractivity contribution in [2.75, 3.05) is 12.4 Å². The second-order valence-corrected chi connectivity index (χ2v) is 7.19. The molecule has 0 saturated heterocycles.